The summed E-state index contributed by atoms with van der Waals surface area (Å²) in [5.41, 5.74) is 9.13. The van der Waals surface area contributed by atoms with Crippen molar-refractivity contribution in [2.24, 2.45) is 0 Å². The fraction of sp³-hybridized carbons (Fsp3) is 0.333. The van der Waals surface area contributed by atoms with Gasteiger partial charge >= 0.3 is 0 Å². The van der Waals surface area contributed by atoms with E-state index >= 15 is 0 Å². The minimum Gasteiger partial charge on any atom is -0.0971 e. The van der Waals surface area contributed by atoms with Crippen LogP contribution in [0.5, 0.6) is 0 Å². The van der Waals surface area contributed by atoms with Crippen molar-refractivity contribution in [3.05, 3.63) is 16.7 Å². The summed E-state index contributed by atoms with van der Waals surface area (Å²) in [5.74, 6) is 0. The summed E-state index contributed by atoms with van der Waals surface area (Å²) >= 11 is 0. The summed E-state index contributed by atoms with van der Waals surface area (Å²) in [6, 6.07) is 0. The normalized spacial score (nSPS) is 10.1. The van der Waals surface area contributed by atoms with Crippen LogP contribution < -0.4 is 16.4 Å². The molecule has 1 rings (SSSR count). The lowest BCUT2D eigenvalue weighted by molar-refractivity contribution is 1.37. The predicted octanol–water partition coefficient (Wildman–Crippen LogP) is -4.56. The summed E-state index contributed by atoms with van der Waals surface area (Å²) in [6.07, 6.45) is 0. The Morgan fingerprint density at radius 3 is 1.93 bits per heavy atom. The lowest BCUT2D eigenvalue weighted by atomic mass is 9.16. The maximum absolute atomic E-state index is 2.30. The van der Waals surface area contributed by atoms with E-state index in [-0.39, 0.29) is 0 Å². The van der Waals surface area contributed by atoms with Crippen molar-refractivity contribution in [3.63, 3.8) is 0 Å². The van der Waals surface area contributed by atoms with Gasteiger partial charge in [-0.1, -0.05) is 33.1 Å². The van der Waals surface area contributed by atoms with Gasteiger partial charge in [0.25, 0.3) is 0 Å². The highest BCUT2D eigenvalue weighted by Gasteiger charge is 2.16. The zero-order valence-corrected chi connectivity index (χ0v) is 11.3. The number of benzene rings is 1. The summed E-state index contributed by atoms with van der Waals surface area (Å²) < 4.78 is 0. The molecule has 0 radical (unpaired) electrons. The highest BCUT2D eigenvalue weighted by Crippen LogP contribution is 2.03. The minimum atomic E-state index is 0.634. The van der Waals surface area contributed by atoms with E-state index in [1.807, 2.05) is 0 Å². The number of hydrogen-bond acceptors (Lipinski definition) is 0. The molecule has 0 fully saturated rings. The fourth-order valence-electron chi connectivity index (χ4n) is 2.83. The second-order valence-electron chi connectivity index (χ2n) is 4.90. The summed E-state index contributed by atoms with van der Waals surface area (Å²) in [7, 11) is 10.3. The minimum absolute atomic E-state index is 0.634. The molecule has 0 saturated carbocycles. The molecule has 0 aromatic heterocycles. The second kappa shape index (κ2) is 4.63. The monoisotopic (exact) mass is 192 g/mol. The smallest absolute Gasteiger partial charge is 0.0971 e. The van der Waals surface area contributed by atoms with Gasteiger partial charge in [-0.25, -0.2) is 0 Å². The molecule has 0 spiro atoms. The third-order valence-corrected chi connectivity index (χ3v) is 3.77. The molecule has 0 amide bonds. The molecular weight excluding hydrogens is 173 g/mol. The molecule has 0 heterocycles. The van der Waals surface area contributed by atoms with Crippen molar-refractivity contribution in [2.75, 3.05) is 0 Å². The highest BCUT2D eigenvalue weighted by molar-refractivity contribution is 7.35. The maximum Gasteiger partial charge on any atom is 0.138 e. The highest BCUT2D eigenvalue weighted by atomic mass is 14.1. The summed E-state index contributed by atoms with van der Waals surface area (Å²) in [4.78, 5) is 0. The molecule has 0 bridgehead atoms. The average molecular weight is 191 g/mol. The van der Waals surface area contributed by atoms with Gasteiger partial charge < -0.3 is 0 Å². The Bertz CT molecular complexity index is 385. The van der Waals surface area contributed by atoms with E-state index < -0.39 is 0 Å². The molecule has 0 aliphatic heterocycles. The molecule has 0 aliphatic carbocycles. The largest absolute Gasteiger partial charge is 0.138 e. The third kappa shape index (κ3) is 2.09. The molecule has 0 nitrogen and oxygen atoms in total. The molecule has 0 unspecified atom stereocenters. The Morgan fingerprint density at radius 2 is 1.53 bits per heavy atom. The van der Waals surface area contributed by atoms with Gasteiger partial charge in [0, 0.05) is 0 Å². The maximum atomic E-state index is 2.30. The Labute approximate surface area is 98.9 Å². The Kier molecular flexibility index (Phi) is 3.92. The van der Waals surface area contributed by atoms with Crippen LogP contribution in [0.4, 0.5) is 0 Å². The van der Waals surface area contributed by atoms with Crippen LogP contribution in [0.2, 0.25) is 0 Å². The molecule has 0 N–H and O–H groups in total. The van der Waals surface area contributed by atoms with Crippen LogP contribution in [-0.4, -0.2) is 44.7 Å². The van der Waals surface area contributed by atoms with Crippen LogP contribution in [0.3, 0.4) is 0 Å². The molecular formula is C9H18B6. The van der Waals surface area contributed by atoms with Gasteiger partial charge in [0.1, 0.15) is 21.5 Å². The van der Waals surface area contributed by atoms with Gasteiger partial charge in [-0.3, -0.25) is 0 Å². The lowest BCUT2D eigenvalue weighted by Crippen LogP contribution is -2.47. The van der Waals surface area contributed by atoms with Gasteiger partial charge in [-0.15, -0.1) is 0 Å². The summed E-state index contributed by atoms with van der Waals surface area (Å²) in [6.45, 7) is 7.45. The van der Waals surface area contributed by atoms with E-state index in [2.05, 4.69) is 51.8 Å². The molecule has 0 saturated heterocycles. The number of rotatable bonds is 2. The van der Waals surface area contributed by atoms with Crippen LogP contribution in [0.1, 0.15) is 16.7 Å². The van der Waals surface area contributed by atoms with Gasteiger partial charge in [0.05, 0.1) is 23.2 Å². The molecule has 6 heteroatoms. The SMILES string of the molecule is BBc1c(B)c(C)c(C)c(B(B)B)c1C. The Morgan fingerprint density at radius 1 is 1.00 bits per heavy atom. The molecule has 0 atom stereocenters. The van der Waals surface area contributed by atoms with Gasteiger partial charge in [-0.2, -0.15) is 0 Å². The van der Waals surface area contributed by atoms with E-state index in [1.54, 1.807) is 10.9 Å². The molecule has 1 aromatic rings. The van der Waals surface area contributed by atoms with Crippen LogP contribution in [0.15, 0.2) is 0 Å². The first kappa shape index (κ1) is 12.7. The van der Waals surface area contributed by atoms with Crippen molar-refractivity contribution in [1.29, 1.82) is 0 Å². The average Bonchev–Trinajstić information content (AvgIpc) is 2.15. The van der Waals surface area contributed by atoms with Crippen LogP contribution in [0.25, 0.3) is 0 Å². The van der Waals surface area contributed by atoms with Gasteiger partial charge in [-0.05, 0) is 20.8 Å². The summed E-state index contributed by atoms with van der Waals surface area (Å²) in [5, 5.41) is 0. The zero-order chi connectivity index (χ0) is 11.7. The first-order chi connectivity index (χ1) is 6.91. The molecule has 72 valence electrons. The van der Waals surface area contributed by atoms with Crippen LogP contribution in [0, 0.1) is 20.8 Å². The fourth-order valence-corrected chi connectivity index (χ4v) is 2.83. The van der Waals surface area contributed by atoms with Gasteiger partial charge in [0.15, 0.2) is 0 Å². The first-order valence-corrected chi connectivity index (χ1v) is 6.00. The quantitative estimate of drug-likeness (QED) is 0.413. The lowest BCUT2D eigenvalue weighted by Gasteiger charge is -2.22. The van der Waals surface area contributed by atoms with Gasteiger partial charge in [0.2, 0.25) is 0 Å². The zero-order valence-electron chi connectivity index (χ0n) is 11.3. The van der Waals surface area contributed by atoms with E-state index in [0.717, 1.165) is 7.17 Å². The van der Waals surface area contributed by atoms with Crippen LogP contribution in [-0.2, 0) is 0 Å². The first-order valence-electron chi connectivity index (χ1n) is 6.00. The van der Waals surface area contributed by atoms with Crippen molar-refractivity contribution in [1.82, 2.24) is 0 Å². The van der Waals surface area contributed by atoms with Crippen molar-refractivity contribution in [3.8, 4) is 0 Å². The standard InChI is InChI=1S/C9H18B6/c1-4-5(2)9(15(12)13)6(3)8(14-11)7(4)10/h14H,10-13H2,1-3H3. The Balaban J connectivity index is 3.60. The number of hydrogen-bond donors (Lipinski definition) is 0. The van der Waals surface area contributed by atoms with Crippen molar-refractivity contribution in [2.45, 2.75) is 20.8 Å². The topological polar surface area (TPSA) is 0 Å². The van der Waals surface area contributed by atoms with E-state index in [0.29, 0.717) is 6.49 Å². The predicted molar refractivity (Wildman–Crippen MR) is 86.6 cm³/mol. The molecule has 0 aliphatic rings. The third-order valence-electron chi connectivity index (χ3n) is 3.77. The van der Waals surface area contributed by atoms with E-state index in [9.17, 15) is 0 Å². The Hall–Kier alpha value is -0.390. The second-order valence-corrected chi connectivity index (χ2v) is 4.90. The molecule has 15 heavy (non-hydrogen) atoms. The van der Waals surface area contributed by atoms with Crippen molar-refractivity contribution >= 4 is 61.1 Å². The van der Waals surface area contributed by atoms with E-state index in [4.69, 9.17) is 0 Å². The van der Waals surface area contributed by atoms with Crippen LogP contribution >= 0.6 is 0 Å². The van der Waals surface area contributed by atoms with E-state index in [1.165, 1.54) is 22.2 Å². The van der Waals surface area contributed by atoms with Crippen molar-refractivity contribution < 1.29 is 0 Å². The molecule has 1 aromatic carbocycles.